The Bertz CT molecular complexity index is 1080. The fourth-order valence-corrected chi connectivity index (χ4v) is 4.38. The van der Waals surface area contributed by atoms with Gasteiger partial charge in [0, 0.05) is 5.69 Å². The van der Waals surface area contributed by atoms with Crippen molar-refractivity contribution in [2.75, 3.05) is 23.3 Å². The van der Waals surface area contributed by atoms with Crippen molar-refractivity contribution in [3.63, 3.8) is 0 Å². The van der Waals surface area contributed by atoms with Crippen LogP contribution in [0.5, 0.6) is 5.75 Å². The molecule has 3 aromatic rings. The Balaban J connectivity index is 1.89. The molecule has 0 spiro atoms. The lowest BCUT2D eigenvalue weighted by atomic mass is 10.1. The number of hydrogen-bond donors (Lipinski definition) is 1. The molecule has 3 rings (SSSR count). The first-order valence-corrected chi connectivity index (χ1v) is 11.0. The van der Waals surface area contributed by atoms with E-state index in [1.165, 1.54) is 12.1 Å². The van der Waals surface area contributed by atoms with E-state index >= 15 is 0 Å². The fraction of sp³-hybridized carbons (Fsp3) is 0.174. The summed E-state index contributed by atoms with van der Waals surface area (Å²) >= 11 is 0. The van der Waals surface area contributed by atoms with Crippen LogP contribution in [0.2, 0.25) is 0 Å². The molecular weight excluding hydrogens is 400 g/mol. The Morgan fingerprint density at radius 2 is 1.57 bits per heavy atom. The third-order valence-corrected chi connectivity index (χ3v) is 6.41. The van der Waals surface area contributed by atoms with Gasteiger partial charge in [-0.05, 0) is 60.5 Å². The summed E-state index contributed by atoms with van der Waals surface area (Å²) in [5.74, 6) is 0.219. The van der Waals surface area contributed by atoms with Gasteiger partial charge in [0.2, 0.25) is 5.91 Å². The molecule has 30 heavy (non-hydrogen) atoms. The smallest absolute Gasteiger partial charge is 0.264 e. The van der Waals surface area contributed by atoms with E-state index in [-0.39, 0.29) is 11.4 Å². The molecule has 0 atom stereocenters. The van der Waals surface area contributed by atoms with Crippen LogP contribution >= 0.6 is 0 Å². The molecule has 0 aliphatic heterocycles. The van der Waals surface area contributed by atoms with E-state index in [0.717, 1.165) is 16.3 Å². The number of nitrogens with zero attached hydrogens (tertiary/aromatic N) is 1. The Morgan fingerprint density at radius 1 is 0.933 bits per heavy atom. The minimum absolute atomic E-state index is 0.127. The molecule has 0 heterocycles. The molecule has 1 N–H and O–H groups in total. The maximum absolute atomic E-state index is 13.3. The van der Waals surface area contributed by atoms with Gasteiger partial charge in [0.1, 0.15) is 12.3 Å². The van der Waals surface area contributed by atoms with Gasteiger partial charge in [0.05, 0.1) is 17.7 Å². The summed E-state index contributed by atoms with van der Waals surface area (Å²) in [6.45, 7) is 1.67. The number of sulfonamides is 1. The predicted octanol–water partition coefficient (Wildman–Crippen LogP) is 4.09. The van der Waals surface area contributed by atoms with Gasteiger partial charge in [0.25, 0.3) is 10.0 Å². The lowest BCUT2D eigenvalue weighted by Crippen LogP contribution is -2.38. The number of ether oxygens (including phenoxy) is 1. The second kappa shape index (κ2) is 9.45. The van der Waals surface area contributed by atoms with E-state index in [1.807, 2.05) is 19.1 Å². The van der Waals surface area contributed by atoms with Crippen molar-refractivity contribution in [3.8, 4) is 5.75 Å². The zero-order chi connectivity index (χ0) is 21.6. The first-order chi connectivity index (χ1) is 14.4. The second-order valence-electron chi connectivity index (χ2n) is 6.62. The third kappa shape index (κ3) is 4.99. The van der Waals surface area contributed by atoms with Crippen molar-refractivity contribution in [2.45, 2.75) is 18.2 Å². The minimum atomic E-state index is -3.92. The molecule has 0 aliphatic carbocycles. The van der Waals surface area contributed by atoms with Crippen LogP contribution in [0, 0.1) is 0 Å². The van der Waals surface area contributed by atoms with Gasteiger partial charge >= 0.3 is 0 Å². The van der Waals surface area contributed by atoms with Crippen molar-refractivity contribution >= 4 is 27.3 Å². The highest BCUT2D eigenvalue weighted by Gasteiger charge is 2.27. The summed E-state index contributed by atoms with van der Waals surface area (Å²) in [6.07, 6.45) is 0.837. The maximum atomic E-state index is 13.3. The standard InChI is InChI=1S/C23H24N2O4S/c1-3-18-9-13-20(14-10-18)25(30(27,28)22-7-5-4-6-8-22)17-23(26)24-19-11-15-21(29-2)16-12-19/h4-16H,3,17H2,1-2H3,(H,24,26). The predicted molar refractivity (Wildman–Crippen MR) is 118 cm³/mol. The van der Waals surface area contributed by atoms with Crippen molar-refractivity contribution < 1.29 is 17.9 Å². The molecular formula is C23H24N2O4S. The van der Waals surface area contributed by atoms with Crippen molar-refractivity contribution in [2.24, 2.45) is 0 Å². The van der Waals surface area contributed by atoms with E-state index in [9.17, 15) is 13.2 Å². The van der Waals surface area contributed by atoms with Gasteiger partial charge in [-0.3, -0.25) is 9.10 Å². The van der Waals surface area contributed by atoms with Crippen molar-refractivity contribution in [3.05, 3.63) is 84.4 Å². The first-order valence-electron chi connectivity index (χ1n) is 9.54. The molecule has 3 aromatic carbocycles. The van der Waals surface area contributed by atoms with E-state index in [0.29, 0.717) is 17.1 Å². The first kappa shape index (κ1) is 21.4. The molecule has 0 saturated heterocycles. The third-order valence-electron chi connectivity index (χ3n) is 4.62. The average molecular weight is 425 g/mol. The van der Waals surface area contributed by atoms with Gasteiger partial charge in [-0.25, -0.2) is 8.42 Å². The van der Waals surface area contributed by atoms with Crippen LogP contribution in [-0.4, -0.2) is 28.0 Å². The highest BCUT2D eigenvalue weighted by molar-refractivity contribution is 7.92. The zero-order valence-electron chi connectivity index (χ0n) is 16.9. The number of rotatable bonds is 8. The number of nitrogens with one attached hydrogen (secondary N) is 1. The summed E-state index contributed by atoms with van der Waals surface area (Å²) in [5, 5.41) is 2.74. The molecule has 1 amide bonds. The summed E-state index contributed by atoms with van der Waals surface area (Å²) in [7, 11) is -2.36. The minimum Gasteiger partial charge on any atom is -0.497 e. The second-order valence-corrected chi connectivity index (χ2v) is 8.48. The topological polar surface area (TPSA) is 75.7 Å². The number of carbonyl (C=O) groups is 1. The van der Waals surface area contributed by atoms with Crippen molar-refractivity contribution in [1.29, 1.82) is 0 Å². The number of anilines is 2. The van der Waals surface area contributed by atoms with Crippen LogP contribution in [0.1, 0.15) is 12.5 Å². The molecule has 0 fully saturated rings. The van der Waals surface area contributed by atoms with Crippen LogP contribution in [0.3, 0.4) is 0 Å². The largest absolute Gasteiger partial charge is 0.497 e. The van der Waals surface area contributed by atoms with Gasteiger partial charge < -0.3 is 10.1 Å². The monoisotopic (exact) mass is 424 g/mol. The van der Waals surface area contributed by atoms with E-state index in [1.54, 1.807) is 61.7 Å². The number of methoxy groups -OCH3 is 1. The van der Waals surface area contributed by atoms with E-state index < -0.39 is 15.9 Å². The molecule has 0 radical (unpaired) electrons. The molecule has 156 valence electrons. The van der Waals surface area contributed by atoms with Crippen LogP contribution < -0.4 is 14.4 Å². The van der Waals surface area contributed by atoms with Gasteiger partial charge in [-0.2, -0.15) is 0 Å². The summed E-state index contributed by atoms with van der Waals surface area (Å²) < 4.78 is 32.8. The fourth-order valence-electron chi connectivity index (χ4n) is 2.94. The maximum Gasteiger partial charge on any atom is 0.264 e. The summed E-state index contributed by atoms with van der Waals surface area (Å²) in [5.41, 5.74) is 2.07. The summed E-state index contributed by atoms with van der Waals surface area (Å²) in [6, 6.07) is 22.1. The zero-order valence-corrected chi connectivity index (χ0v) is 17.7. The summed E-state index contributed by atoms with van der Waals surface area (Å²) in [4.78, 5) is 12.8. The lowest BCUT2D eigenvalue weighted by molar-refractivity contribution is -0.114. The Kier molecular flexibility index (Phi) is 6.74. The van der Waals surface area contributed by atoms with Gasteiger partial charge in [-0.1, -0.05) is 37.3 Å². The van der Waals surface area contributed by atoms with Gasteiger partial charge in [-0.15, -0.1) is 0 Å². The average Bonchev–Trinajstić information content (AvgIpc) is 2.78. The Labute approximate surface area is 177 Å². The van der Waals surface area contributed by atoms with Crippen LogP contribution in [0.25, 0.3) is 0 Å². The quantitative estimate of drug-likeness (QED) is 0.591. The van der Waals surface area contributed by atoms with Crippen molar-refractivity contribution in [1.82, 2.24) is 0 Å². The number of hydrogen-bond acceptors (Lipinski definition) is 4. The van der Waals surface area contributed by atoms with Crippen LogP contribution in [0.4, 0.5) is 11.4 Å². The van der Waals surface area contributed by atoms with E-state index in [4.69, 9.17) is 4.74 Å². The number of amides is 1. The molecule has 6 nitrogen and oxygen atoms in total. The number of aryl methyl sites for hydroxylation is 1. The highest BCUT2D eigenvalue weighted by Crippen LogP contribution is 2.24. The number of carbonyl (C=O) groups excluding carboxylic acids is 1. The Morgan fingerprint density at radius 3 is 2.13 bits per heavy atom. The van der Waals surface area contributed by atoms with Crippen LogP contribution in [-0.2, 0) is 21.2 Å². The Hall–Kier alpha value is -3.32. The highest BCUT2D eigenvalue weighted by atomic mass is 32.2. The normalized spacial score (nSPS) is 11.0. The molecule has 7 heteroatoms. The molecule has 0 aromatic heterocycles. The number of benzene rings is 3. The van der Waals surface area contributed by atoms with Gasteiger partial charge in [0.15, 0.2) is 0 Å². The molecule has 0 bridgehead atoms. The molecule has 0 aliphatic rings. The SMILES string of the molecule is CCc1ccc(N(CC(=O)Nc2ccc(OC)cc2)S(=O)(=O)c2ccccc2)cc1. The van der Waals surface area contributed by atoms with E-state index in [2.05, 4.69) is 5.32 Å². The lowest BCUT2D eigenvalue weighted by Gasteiger charge is -2.24. The molecule has 0 unspecified atom stereocenters. The van der Waals surface area contributed by atoms with Crippen LogP contribution in [0.15, 0.2) is 83.8 Å². The molecule has 0 saturated carbocycles.